The molecule has 12 N–H and O–H groups in total. The smallest absolute Gasteiger partial charge is 0.236 e. The van der Waals surface area contributed by atoms with Gasteiger partial charge in [-0.15, -0.1) is 20.4 Å². The SMILES string of the molecule is CC.CC.CC.CC.CC.CC.CC.CC.CC.CC.CNC(=O)[C@H](C)N.CNC(C)=O.CNC(C)=O.CNC(C)=O.CNC(C)=O.CNC(C)=O.CNC(C)=O.C[C@@H]1[C@H](O)[C@@H](O)[C@H](OCc2cn(C)nn2)O[C@@H]1CO.Cc1cn(C)nn1.Cn1cc(Cn2nnc3ccccc32)nn1. The molecule has 0 radical (unpaired) electrons. The zero-order chi connectivity index (χ0) is 81.8. The zero-order valence-electron chi connectivity index (χ0n) is 69.1. The fourth-order valence-corrected chi connectivity index (χ4v) is 4.39. The van der Waals surface area contributed by atoms with Crippen LogP contribution in [0.1, 0.15) is 211 Å². The highest BCUT2D eigenvalue weighted by molar-refractivity contribution is 5.80. The van der Waals surface area contributed by atoms with Crippen LogP contribution in [0.2, 0.25) is 0 Å². The van der Waals surface area contributed by atoms with Gasteiger partial charge >= 0.3 is 0 Å². The number of ether oxygens (including phenoxy) is 2. The van der Waals surface area contributed by atoms with Crippen molar-refractivity contribution in [2.45, 2.75) is 245 Å². The fraction of sp³-hybridized carbons (Fsp3) is 0.716. The lowest BCUT2D eigenvalue weighted by Gasteiger charge is -2.40. The number of rotatable bonds is 7. The van der Waals surface area contributed by atoms with Crippen molar-refractivity contribution in [1.82, 2.24) is 97.2 Å². The summed E-state index contributed by atoms with van der Waals surface area (Å²) in [5, 5.41) is 76.7. The van der Waals surface area contributed by atoms with E-state index in [9.17, 15) is 48.9 Å². The molecule has 5 aromatic rings. The second-order valence-corrected chi connectivity index (χ2v) is 16.2. The van der Waals surface area contributed by atoms with Gasteiger partial charge in [0.05, 0.1) is 61.6 Å². The van der Waals surface area contributed by atoms with E-state index in [2.05, 4.69) is 78.5 Å². The van der Waals surface area contributed by atoms with Gasteiger partial charge in [0.1, 0.15) is 23.0 Å². The molecular weight excluding hydrogens is 1280 g/mol. The quantitative estimate of drug-likeness (QED) is 0.0781. The lowest BCUT2D eigenvalue weighted by molar-refractivity contribution is -0.291. The lowest BCUT2D eigenvalue weighted by atomic mass is 9.91. The Morgan fingerprint density at radius 1 is 0.505 bits per heavy atom. The maximum Gasteiger partial charge on any atom is 0.236 e. The molecule has 1 fully saturated rings. The first kappa shape index (κ1) is 124. The first-order valence-corrected chi connectivity index (χ1v) is 34.1. The van der Waals surface area contributed by atoms with Crippen LogP contribution in [0.15, 0.2) is 42.9 Å². The topological polar surface area (TPSA) is 432 Å². The predicted octanol–water partition coefficient (Wildman–Crippen LogP) is 6.99. The maximum atomic E-state index is 10.3. The molecule has 0 spiro atoms. The van der Waals surface area contributed by atoms with Crippen LogP contribution >= 0.6 is 0 Å². The van der Waals surface area contributed by atoms with E-state index in [-0.39, 0.29) is 66.5 Å². The summed E-state index contributed by atoms with van der Waals surface area (Å²) in [5.41, 5.74) is 9.46. The van der Waals surface area contributed by atoms with Crippen LogP contribution < -0.4 is 43.0 Å². The number of nitrogens with two attached hydrogens (primary N) is 1. The number of aromatic nitrogens is 12. The Labute approximate surface area is 599 Å². The average Bonchev–Trinajstić information content (AvgIpc) is 1.72. The van der Waals surface area contributed by atoms with Gasteiger partial charge in [0.2, 0.25) is 41.4 Å². The molecule has 99 heavy (non-hydrogen) atoms. The molecular formula is C67H148N20O12. The third-order valence-corrected chi connectivity index (χ3v) is 9.16. The summed E-state index contributed by atoms with van der Waals surface area (Å²) in [4.78, 5) is 68.5. The third kappa shape index (κ3) is 90.1. The normalized spacial score (nSPS) is 12.9. The second-order valence-electron chi connectivity index (χ2n) is 16.2. The number of hydrogen-bond donors (Lipinski definition) is 11. The molecule has 7 amide bonds. The summed E-state index contributed by atoms with van der Waals surface area (Å²) in [5.74, 6) is -0.462. The minimum atomic E-state index is -1.16. The van der Waals surface area contributed by atoms with E-state index in [1.165, 1.54) is 46.2 Å². The number of nitrogens with one attached hydrogen (secondary N) is 7. The average molecular weight is 1430 g/mol. The number of carbonyl (C=O) groups is 7. The standard InChI is InChI=1S/C11H19N3O5.C10H10N6.C4H7N3.C4H10N2O.6C3H7NO.10C2H6/c1-6-8(4-15)19-11(10(17)9(6)16)18-5-7-3-14(2)13-12-7;1-15-6-8(11-13-15)7-16-10-5-3-2-4-9(10)12-14-16;1-4-3-7(2)6-5-4;1-3(5)4(7)6-2;6*1-3(5)4-2;10*1-2/h3,6,8-11,15-17H,4-5H2,1-2H3;2-6H,7H2,1H3;3H,1-2H3;3H,5H2,1-2H3,(H,6,7);6*1-2H3,(H,4,5);10*1-2H3/t6-,8+,9-,10+,11+;;;3-;;;;;;;;;;;;;;;;/m0..0................/s1. The number of carbonyl (C=O) groups excluding carboxylic acids is 7. The minimum Gasteiger partial charge on any atom is -0.394 e. The van der Waals surface area contributed by atoms with Crippen LogP contribution in [0.4, 0.5) is 0 Å². The van der Waals surface area contributed by atoms with Gasteiger partial charge in [-0.05, 0) is 26.0 Å². The summed E-state index contributed by atoms with van der Waals surface area (Å²) < 4.78 is 17.5. The van der Waals surface area contributed by atoms with Crippen molar-refractivity contribution in [1.29, 1.82) is 0 Å². The van der Waals surface area contributed by atoms with Crippen LogP contribution in [0, 0.1) is 12.8 Å². The molecule has 0 saturated carbocycles. The molecule has 588 valence electrons. The Kier molecular flexibility index (Phi) is 124. The van der Waals surface area contributed by atoms with Crippen molar-refractivity contribution in [3.63, 3.8) is 0 Å². The van der Waals surface area contributed by atoms with E-state index in [0.717, 1.165) is 22.4 Å². The summed E-state index contributed by atoms with van der Waals surface area (Å²) in [6, 6.07) is 7.47. The molecule has 5 heterocycles. The Hall–Kier alpha value is -7.91. The molecule has 0 aliphatic carbocycles. The van der Waals surface area contributed by atoms with Crippen molar-refractivity contribution >= 4 is 52.4 Å². The fourth-order valence-electron chi connectivity index (χ4n) is 4.39. The van der Waals surface area contributed by atoms with Gasteiger partial charge in [-0.1, -0.05) is 178 Å². The van der Waals surface area contributed by atoms with Crippen LogP contribution in [0.25, 0.3) is 11.0 Å². The maximum absolute atomic E-state index is 10.3. The first-order chi connectivity index (χ1) is 46.9. The molecule has 1 saturated heterocycles. The summed E-state index contributed by atoms with van der Waals surface area (Å²) in [6.07, 6.45) is 1.69. The van der Waals surface area contributed by atoms with Crippen molar-refractivity contribution in [3.05, 3.63) is 59.9 Å². The molecule has 1 aromatic carbocycles. The molecule has 6 rings (SSSR count). The summed E-state index contributed by atoms with van der Waals surface area (Å²) in [6.45, 7) is 54.5. The van der Waals surface area contributed by atoms with Gasteiger partial charge in [0, 0.05) is 124 Å². The molecule has 0 unspecified atom stereocenters. The number of fused-ring (bicyclic) bond motifs is 1. The van der Waals surface area contributed by atoms with Gasteiger partial charge in [-0.3, -0.25) is 47.6 Å². The van der Waals surface area contributed by atoms with Crippen LogP contribution in [0.5, 0.6) is 0 Å². The van der Waals surface area contributed by atoms with Gasteiger partial charge in [-0.2, -0.15) is 0 Å². The van der Waals surface area contributed by atoms with E-state index in [1.807, 2.05) is 201 Å². The van der Waals surface area contributed by atoms with Crippen LogP contribution in [-0.2, 0) is 77.3 Å². The van der Waals surface area contributed by atoms with E-state index >= 15 is 0 Å². The highest BCUT2D eigenvalue weighted by Crippen LogP contribution is 2.26. The number of aliphatic hydroxyl groups is 3. The molecule has 4 aromatic heterocycles. The van der Waals surface area contributed by atoms with Gasteiger partial charge in [-0.25, -0.2) is 4.68 Å². The predicted molar refractivity (Wildman–Crippen MR) is 406 cm³/mol. The first-order valence-electron chi connectivity index (χ1n) is 34.1. The number of para-hydroxylation sites is 1. The van der Waals surface area contributed by atoms with Crippen LogP contribution in [0.3, 0.4) is 0 Å². The number of aryl methyl sites for hydroxylation is 4. The van der Waals surface area contributed by atoms with Crippen molar-refractivity contribution in [2.75, 3.05) is 55.9 Å². The number of nitrogens with zero attached hydrogens (tertiary/aromatic N) is 12. The number of benzene rings is 1. The van der Waals surface area contributed by atoms with Crippen molar-refractivity contribution in [2.24, 2.45) is 32.8 Å². The molecule has 1 aliphatic rings. The minimum absolute atomic E-state index is 0.00463. The largest absolute Gasteiger partial charge is 0.394 e. The third-order valence-electron chi connectivity index (χ3n) is 9.16. The molecule has 32 nitrogen and oxygen atoms in total. The Bertz CT molecular complexity index is 2330. The molecule has 6 atom stereocenters. The number of hydrogen-bond acceptors (Lipinski definition) is 21. The van der Waals surface area contributed by atoms with Gasteiger partial charge < -0.3 is 67.7 Å². The Morgan fingerprint density at radius 2 is 0.818 bits per heavy atom. The Balaban J connectivity index is -0.0000000685. The number of amides is 7. The molecule has 1 aliphatic heterocycles. The summed E-state index contributed by atoms with van der Waals surface area (Å²) >= 11 is 0. The monoisotopic (exact) mass is 1430 g/mol. The van der Waals surface area contributed by atoms with E-state index < -0.39 is 24.6 Å². The van der Waals surface area contributed by atoms with E-state index in [4.69, 9.17) is 15.2 Å². The van der Waals surface area contributed by atoms with Gasteiger partial charge in [0.25, 0.3) is 0 Å². The van der Waals surface area contributed by atoms with Gasteiger partial charge in [0.15, 0.2) is 6.29 Å². The van der Waals surface area contributed by atoms with E-state index in [1.54, 1.807) is 85.8 Å². The Morgan fingerprint density at radius 3 is 1.06 bits per heavy atom. The highest BCUT2D eigenvalue weighted by Gasteiger charge is 2.42. The lowest BCUT2D eigenvalue weighted by Crippen LogP contribution is -2.55. The number of aliphatic hydroxyl groups excluding tert-OH is 3. The summed E-state index contributed by atoms with van der Waals surface area (Å²) in [7, 11) is 16.6. The number of likely N-dealkylation sites (N-methyl/N-ethyl adjacent to an activating group) is 1. The molecule has 0 bridgehead atoms. The molecule has 32 heteroatoms. The van der Waals surface area contributed by atoms with E-state index in [0.29, 0.717) is 12.2 Å². The van der Waals surface area contributed by atoms with Crippen molar-refractivity contribution < 1.29 is 58.4 Å². The second kappa shape index (κ2) is 98.8. The zero-order valence-corrected chi connectivity index (χ0v) is 69.1. The highest BCUT2D eigenvalue weighted by atomic mass is 16.7. The van der Waals surface area contributed by atoms with Crippen molar-refractivity contribution in [3.8, 4) is 0 Å². The van der Waals surface area contributed by atoms with Crippen LogP contribution in [-0.4, -0.2) is 203 Å².